The molecule has 1 aromatic carbocycles. The van der Waals surface area contributed by atoms with Crippen molar-refractivity contribution in [1.82, 2.24) is 4.90 Å². The Balaban J connectivity index is 0.00000192. The van der Waals surface area contributed by atoms with E-state index in [1.165, 1.54) is 6.42 Å². The number of hydrogen-bond donors (Lipinski definition) is 0. The summed E-state index contributed by atoms with van der Waals surface area (Å²) in [6.07, 6.45) is 5.02. The molecule has 3 nitrogen and oxygen atoms in total. The largest absolute Gasteiger partial charge is 0.376 e. The minimum Gasteiger partial charge on any atom is -0.376 e. The third-order valence-electron chi connectivity index (χ3n) is 4.69. The molecule has 2 aliphatic rings. The third kappa shape index (κ3) is 4.61. The second-order valence-corrected chi connectivity index (χ2v) is 6.93. The molecular formula is C17H22Cl3NO2. The van der Waals surface area contributed by atoms with Crippen molar-refractivity contribution in [2.45, 2.75) is 44.2 Å². The number of halogens is 3. The van der Waals surface area contributed by atoms with Gasteiger partial charge in [0, 0.05) is 29.1 Å². The fourth-order valence-corrected chi connectivity index (χ4v) is 4.12. The molecule has 2 atom stereocenters. The lowest BCUT2D eigenvalue weighted by molar-refractivity contribution is -0.117. The molecule has 1 heterocycles. The Morgan fingerprint density at radius 3 is 2.61 bits per heavy atom. The van der Waals surface area contributed by atoms with E-state index in [2.05, 4.69) is 4.90 Å². The molecule has 0 amide bonds. The van der Waals surface area contributed by atoms with Crippen LogP contribution in [0.5, 0.6) is 0 Å². The van der Waals surface area contributed by atoms with E-state index in [0.717, 1.165) is 31.4 Å². The van der Waals surface area contributed by atoms with Crippen LogP contribution in [0, 0.1) is 0 Å². The van der Waals surface area contributed by atoms with E-state index in [9.17, 15) is 4.79 Å². The minimum absolute atomic E-state index is 0. The van der Waals surface area contributed by atoms with E-state index in [-0.39, 0.29) is 18.5 Å². The maximum Gasteiger partial charge on any atom is 0.148 e. The number of Topliss-reactive ketones (excluding diaryl/α,β-unsaturated/α-hetero) is 1. The van der Waals surface area contributed by atoms with Gasteiger partial charge in [-0.25, -0.2) is 0 Å². The number of carbonyl (C=O) groups is 1. The first-order chi connectivity index (χ1) is 10.6. The number of carbonyl (C=O) groups excluding carboxylic acids is 1. The second-order valence-electron chi connectivity index (χ2n) is 6.12. The highest BCUT2D eigenvalue weighted by Gasteiger charge is 2.36. The Labute approximate surface area is 153 Å². The molecule has 3 rings (SSSR count). The molecule has 0 bridgehead atoms. The van der Waals surface area contributed by atoms with E-state index in [0.29, 0.717) is 41.4 Å². The van der Waals surface area contributed by atoms with E-state index in [1.54, 1.807) is 0 Å². The lowest BCUT2D eigenvalue weighted by atomic mass is 10.1. The highest BCUT2D eigenvalue weighted by molar-refractivity contribution is 6.35. The molecule has 1 saturated heterocycles. The van der Waals surface area contributed by atoms with Crippen molar-refractivity contribution in [3.63, 3.8) is 0 Å². The van der Waals surface area contributed by atoms with Crippen LogP contribution in [0.4, 0.5) is 0 Å². The number of benzene rings is 1. The summed E-state index contributed by atoms with van der Waals surface area (Å²) >= 11 is 12.4. The lowest BCUT2D eigenvalue weighted by Gasteiger charge is -2.28. The van der Waals surface area contributed by atoms with Crippen LogP contribution in [0.15, 0.2) is 18.2 Å². The SMILES string of the molecule is Cl.O=C1CCN(C2CCC[C@@H]2OCCc2c(Cl)cccc2Cl)C1. The summed E-state index contributed by atoms with van der Waals surface area (Å²) in [4.78, 5) is 13.8. The Kier molecular flexibility index (Phi) is 7.18. The zero-order chi connectivity index (χ0) is 15.5. The molecular weight excluding hydrogens is 357 g/mol. The lowest BCUT2D eigenvalue weighted by Crippen LogP contribution is -2.40. The number of hydrogen-bond acceptors (Lipinski definition) is 3. The van der Waals surface area contributed by atoms with Gasteiger partial charge < -0.3 is 4.74 Å². The summed E-state index contributed by atoms with van der Waals surface area (Å²) in [6.45, 7) is 2.10. The summed E-state index contributed by atoms with van der Waals surface area (Å²) in [5.74, 6) is 0.355. The van der Waals surface area contributed by atoms with Gasteiger partial charge in [0.1, 0.15) is 5.78 Å². The van der Waals surface area contributed by atoms with Crippen molar-refractivity contribution >= 4 is 41.4 Å². The highest BCUT2D eigenvalue weighted by Crippen LogP contribution is 2.30. The number of rotatable bonds is 5. The average Bonchev–Trinajstić information content (AvgIpc) is 3.10. The first-order valence-electron chi connectivity index (χ1n) is 7.95. The van der Waals surface area contributed by atoms with Gasteiger partial charge in [-0.1, -0.05) is 29.3 Å². The van der Waals surface area contributed by atoms with E-state index in [1.807, 2.05) is 18.2 Å². The fraction of sp³-hybridized carbons (Fsp3) is 0.588. The molecule has 0 spiro atoms. The molecule has 6 heteroatoms. The Morgan fingerprint density at radius 2 is 1.96 bits per heavy atom. The van der Waals surface area contributed by atoms with Gasteiger partial charge in [0.25, 0.3) is 0 Å². The van der Waals surface area contributed by atoms with Crippen LogP contribution in [0.1, 0.15) is 31.2 Å². The number of ketones is 1. The zero-order valence-electron chi connectivity index (χ0n) is 13.0. The molecule has 23 heavy (non-hydrogen) atoms. The molecule has 128 valence electrons. The summed E-state index contributed by atoms with van der Waals surface area (Å²) < 4.78 is 6.11. The van der Waals surface area contributed by atoms with Crippen molar-refractivity contribution in [1.29, 1.82) is 0 Å². The van der Waals surface area contributed by atoms with E-state index >= 15 is 0 Å². The van der Waals surface area contributed by atoms with Crippen molar-refractivity contribution in [3.8, 4) is 0 Å². The van der Waals surface area contributed by atoms with Crippen molar-refractivity contribution in [2.75, 3.05) is 19.7 Å². The standard InChI is InChI=1S/C17H21Cl2NO2.ClH/c18-14-3-1-4-15(19)13(14)8-10-22-17-6-2-5-16(17)20-9-7-12(21)11-20;/h1,3-4,16-17H,2,5-11H2;1H/t16?,17-;/m0./s1. The summed E-state index contributed by atoms with van der Waals surface area (Å²) in [5.41, 5.74) is 0.955. The normalized spacial score (nSPS) is 24.9. The zero-order valence-corrected chi connectivity index (χ0v) is 15.3. The fourth-order valence-electron chi connectivity index (χ4n) is 3.54. The maximum absolute atomic E-state index is 11.5. The predicted octanol–water partition coefficient (Wildman–Crippen LogP) is 4.17. The molecule has 1 saturated carbocycles. The van der Waals surface area contributed by atoms with Crippen LogP contribution >= 0.6 is 35.6 Å². The van der Waals surface area contributed by atoms with Gasteiger partial charge in [-0.15, -0.1) is 12.4 Å². The van der Waals surface area contributed by atoms with Crippen LogP contribution in [-0.4, -0.2) is 42.5 Å². The van der Waals surface area contributed by atoms with Crippen LogP contribution in [-0.2, 0) is 16.0 Å². The molecule has 0 N–H and O–H groups in total. The van der Waals surface area contributed by atoms with Gasteiger partial charge in [0.2, 0.25) is 0 Å². The predicted molar refractivity (Wildman–Crippen MR) is 96.0 cm³/mol. The Bertz CT molecular complexity index is 532. The first-order valence-corrected chi connectivity index (χ1v) is 8.71. The van der Waals surface area contributed by atoms with E-state index < -0.39 is 0 Å². The molecule has 1 aliphatic carbocycles. The van der Waals surface area contributed by atoms with Gasteiger partial charge in [-0.05, 0) is 43.4 Å². The molecule has 2 fully saturated rings. The summed E-state index contributed by atoms with van der Waals surface area (Å²) in [5, 5.41) is 1.40. The van der Waals surface area contributed by atoms with Crippen molar-refractivity contribution in [3.05, 3.63) is 33.8 Å². The van der Waals surface area contributed by atoms with Crippen molar-refractivity contribution in [2.24, 2.45) is 0 Å². The third-order valence-corrected chi connectivity index (χ3v) is 5.40. The first kappa shape index (κ1) is 19.0. The number of ether oxygens (including phenoxy) is 1. The van der Waals surface area contributed by atoms with Gasteiger partial charge in [-0.3, -0.25) is 9.69 Å². The minimum atomic E-state index is 0. The molecule has 0 aromatic heterocycles. The van der Waals surface area contributed by atoms with E-state index in [4.69, 9.17) is 27.9 Å². The van der Waals surface area contributed by atoms with Crippen molar-refractivity contribution < 1.29 is 9.53 Å². The molecule has 0 radical (unpaired) electrons. The highest BCUT2D eigenvalue weighted by atomic mass is 35.5. The Hall–Kier alpha value is -0.320. The summed E-state index contributed by atoms with van der Waals surface area (Å²) in [7, 11) is 0. The van der Waals surface area contributed by atoms with Crippen LogP contribution < -0.4 is 0 Å². The van der Waals surface area contributed by atoms with Gasteiger partial charge >= 0.3 is 0 Å². The monoisotopic (exact) mass is 377 g/mol. The summed E-state index contributed by atoms with van der Waals surface area (Å²) in [6, 6.07) is 5.97. The molecule has 1 aromatic rings. The van der Waals surface area contributed by atoms with Crippen LogP contribution in [0.2, 0.25) is 10.0 Å². The quantitative estimate of drug-likeness (QED) is 0.770. The Morgan fingerprint density at radius 1 is 1.22 bits per heavy atom. The van der Waals surface area contributed by atoms with Gasteiger partial charge in [-0.2, -0.15) is 0 Å². The van der Waals surface area contributed by atoms with Crippen LogP contribution in [0.3, 0.4) is 0 Å². The van der Waals surface area contributed by atoms with Crippen LogP contribution in [0.25, 0.3) is 0 Å². The number of likely N-dealkylation sites (tertiary alicyclic amines) is 1. The van der Waals surface area contributed by atoms with Gasteiger partial charge in [0.15, 0.2) is 0 Å². The topological polar surface area (TPSA) is 29.5 Å². The number of nitrogens with zero attached hydrogens (tertiary/aromatic N) is 1. The smallest absolute Gasteiger partial charge is 0.148 e. The second kappa shape index (κ2) is 8.68. The molecule has 1 unspecified atom stereocenters. The maximum atomic E-state index is 11.5. The molecule has 1 aliphatic heterocycles. The van der Waals surface area contributed by atoms with Gasteiger partial charge in [0.05, 0.1) is 19.3 Å². The average molecular weight is 379 g/mol.